The lowest BCUT2D eigenvalue weighted by atomic mass is 10.1. The molecule has 0 heterocycles. The zero-order valence-electron chi connectivity index (χ0n) is 6.56. The first-order chi connectivity index (χ1) is 5.86. The molecule has 0 unspecified atom stereocenters. The van der Waals surface area contributed by atoms with Gasteiger partial charge in [0.2, 0.25) is 0 Å². The summed E-state index contributed by atoms with van der Waals surface area (Å²) in [4.78, 5) is 9.86. The molecule has 0 aliphatic carbocycles. The second kappa shape index (κ2) is 4.51. The van der Waals surface area contributed by atoms with Gasteiger partial charge in [-0.15, -0.1) is 0 Å². The van der Waals surface area contributed by atoms with E-state index in [1.54, 1.807) is 6.07 Å². The van der Waals surface area contributed by atoms with Crippen LogP contribution in [0.4, 0.5) is 0 Å². The average molecular weight is 166 g/mol. The van der Waals surface area contributed by atoms with Crippen LogP contribution in [0, 0.1) is 0 Å². The van der Waals surface area contributed by atoms with E-state index in [2.05, 4.69) is 4.74 Å². The lowest BCUT2D eigenvalue weighted by Gasteiger charge is -2.00. The maximum atomic E-state index is 9.86. The number of hydrogen-bond donors (Lipinski definition) is 1. The molecule has 0 aromatic heterocycles. The number of aliphatic hydroxyl groups excluding tert-OH is 1. The van der Waals surface area contributed by atoms with Crippen LogP contribution in [0.25, 0.3) is 0 Å². The highest BCUT2D eigenvalue weighted by Crippen LogP contribution is 2.05. The third-order valence-electron chi connectivity index (χ3n) is 1.49. The summed E-state index contributed by atoms with van der Waals surface area (Å²) < 4.78 is 4.56. The minimum Gasteiger partial charge on any atom is -0.463 e. The maximum Gasteiger partial charge on any atom is 0.293 e. The largest absolute Gasteiger partial charge is 0.463 e. The Balaban J connectivity index is 2.65. The predicted octanol–water partition coefficient (Wildman–Crippen LogP) is 0.852. The number of benzene rings is 1. The minimum atomic E-state index is 0.00886. The summed E-state index contributed by atoms with van der Waals surface area (Å²) in [7, 11) is 0. The van der Waals surface area contributed by atoms with Gasteiger partial charge >= 0.3 is 0 Å². The molecule has 0 radical (unpaired) electrons. The zero-order valence-corrected chi connectivity index (χ0v) is 6.56. The van der Waals surface area contributed by atoms with Gasteiger partial charge in [-0.05, 0) is 11.1 Å². The lowest BCUT2D eigenvalue weighted by Crippen LogP contribution is -1.91. The molecule has 0 saturated carbocycles. The van der Waals surface area contributed by atoms with Gasteiger partial charge in [-0.1, -0.05) is 24.3 Å². The van der Waals surface area contributed by atoms with E-state index in [1.807, 2.05) is 18.2 Å². The number of ether oxygens (including phenoxy) is 1. The summed E-state index contributed by atoms with van der Waals surface area (Å²) in [6, 6.07) is 7.26. The van der Waals surface area contributed by atoms with Crippen molar-refractivity contribution >= 4 is 6.47 Å². The summed E-state index contributed by atoms with van der Waals surface area (Å²) >= 11 is 0. The van der Waals surface area contributed by atoms with Crippen molar-refractivity contribution in [2.45, 2.75) is 13.2 Å². The van der Waals surface area contributed by atoms with Crippen LogP contribution >= 0.6 is 0 Å². The number of hydrogen-bond acceptors (Lipinski definition) is 3. The van der Waals surface area contributed by atoms with E-state index in [1.165, 1.54) is 0 Å². The van der Waals surface area contributed by atoms with Crippen molar-refractivity contribution in [3.8, 4) is 0 Å². The summed E-state index contributed by atoms with van der Waals surface area (Å²) in [5, 5.41) is 8.78. The predicted molar refractivity (Wildman–Crippen MR) is 43.2 cm³/mol. The van der Waals surface area contributed by atoms with Crippen LogP contribution in [0.15, 0.2) is 24.3 Å². The number of aliphatic hydroxyl groups is 1. The lowest BCUT2D eigenvalue weighted by molar-refractivity contribution is -0.129. The van der Waals surface area contributed by atoms with E-state index >= 15 is 0 Å². The fourth-order valence-corrected chi connectivity index (χ4v) is 0.948. The van der Waals surface area contributed by atoms with Crippen molar-refractivity contribution in [3.05, 3.63) is 35.4 Å². The first-order valence-corrected chi connectivity index (χ1v) is 3.60. The smallest absolute Gasteiger partial charge is 0.293 e. The summed E-state index contributed by atoms with van der Waals surface area (Å²) in [5.41, 5.74) is 1.70. The molecule has 0 saturated heterocycles. The van der Waals surface area contributed by atoms with Crippen LogP contribution < -0.4 is 0 Å². The third-order valence-corrected chi connectivity index (χ3v) is 1.49. The molecule has 1 aromatic rings. The van der Waals surface area contributed by atoms with Crippen LogP contribution in [0.5, 0.6) is 0 Å². The molecule has 0 bridgehead atoms. The van der Waals surface area contributed by atoms with E-state index in [9.17, 15) is 4.79 Å². The number of carbonyl (C=O) groups is 1. The molecule has 0 aliphatic rings. The van der Waals surface area contributed by atoms with Crippen molar-refractivity contribution in [1.82, 2.24) is 0 Å². The Morgan fingerprint density at radius 2 is 2.17 bits per heavy atom. The van der Waals surface area contributed by atoms with Crippen molar-refractivity contribution < 1.29 is 14.6 Å². The molecule has 1 N–H and O–H groups in total. The Morgan fingerprint density at radius 3 is 2.83 bits per heavy atom. The van der Waals surface area contributed by atoms with Crippen LogP contribution in [-0.4, -0.2) is 11.6 Å². The molecule has 0 atom stereocenters. The fourth-order valence-electron chi connectivity index (χ4n) is 0.948. The second-order valence-electron chi connectivity index (χ2n) is 2.39. The summed E-state index contributed by atoms with van der Waals surface area (Å²) in [6.07, 6.45) is 0. The summed E-state index contributed by atoms with van der Waals surface area (Å²) in [6.45, 7) is 0.678. The van der Waals surface area contributed by atoms with Gasteiger partial charge < -0.3 is 9.84 Å². The van der Waals surface area contributed by atoms with Crippen molar-refractivity contribution in [3.63, 3.8) is 0 Å². The molecule has 1 rings (SSSR count). The summed E-state index contributed by atoms with van der Waals surface area (Å²) in [5.74, 6) is 0. The Bertz CT molecular complexity index is 258. The highest BCUT2D eigenvalue weighted by Gasteiger charge is 1.94. The molecule has 3 heteroatoms. The van der Waals surface area contributed by atoms with E-state index in [0.29, 0.717) is 6.47 Å². The van der Waals surface area contributed by atoms with Crippen LogP contribution in [-0.2, 0) is 22.7 Å². The normalized spacial score (nSPS) is 9.42. The van der Waals surface area contributed by atoms with Gasteiger partial charge in [-0.25, -0.2) is 0 Å². The number of rotatable bonds is 4. The van der Waals surface area contributed by atoms with Gasteiger partial charge in [0, 0.05) is 0 Å². The molecule has 0 aliphatic heterocycles. The molecule has 0 amide bonds. The van der Waals surface area contributed by atoms with E-state index in [4.69, 9.17) is 5.11 Å². The topological polar surface area (TPSA) is 46.5 Å². The molecular weight excluding hydrogens is 156 g/mol. The van der Waals surface area contributed by atoms with Crippen LogP contribution in [0.2, 0.25) is 0 Å². The highest BCUT2D eigenvalue weighted by molar-refractivity contribution is 5.37. The van der Waals surface area contributed by atoms with Crippen LogP contribution in [0.1, 0.15) is 11.1 Å². The molecule has 0 spiro atoms. The molecule has 1 aromatic carbocycles. The first kappa shape index (κ1) is 8.74. The number of carbonyl (C=O) groups excluding carboxylic acids is 1. The fraction of sp³-hybridized carbons (Fsp3) is 0.222. The Morgan fingerprint density at radius 1 is 1.42 bits per heavy atom. The van der Waals surface area contributed by atoms with Gasteiger partial charge in [0.1, 0.15) is 6.61 Å². The quantitative estimate of drug-likeness (QED) is 0.674. The Kier molecular flexibility index (Phi) is 3.29. The standard InChI is InChI=1S/C9H10O3/c10-5-8-2-1-3-9(4-8)6-12-7-11/h1-4,7,10H,5-6H2. The molecule has 3 nitrogen and oxygen atoms in total. The minimum absolute atomic E-state index is 0.00886. The molecule has 12 heavy (non-hydrogen) atoms. The van der Waals surface area contributed by atoms with Crippen molar-refractivity contribution in [1.29, 1.82) is 0 Å². The van der Waals surface area contributed by atoms with E-state index in [-0.39, 0.29) is 13.2 Å². The van der Waals surface area contributed by atoms with Gasteiger partial charge in [0.05, 0.1) is 6.61 Å². The van der Waals surface area contributed by atoms with Crippen molar-refractivity contribution in [2.24, 2.45) is 0 Å². The van der Waals surface area contributed by atoms with Gasteiger partial charge in [0.25, 0.3) is 6.47 Å². The Labute approximate surface area is 70.6 Å². The van der Waals surface area contributed by atoms with Gasteiger partial charge in [-0.2, -0.15) is 0 Å². The average Bonchev–Trinajstić information content (AvgIpc) is 2.15. The maximum absolute atomic E-state index is 9.86. The molecule has 0 fully saturated rings. The second-order valence-corrected chi connectivity index (χ2v) is 2.39. The van der Waals surface area contributed by atoms with E-state index in [0.717, 1.165) is 11.1 Å². The van der Waals surface area contributed by atoms with Crippen LogP contribution in [0.3, 0.4) is 0 Å². The van der Waals surface area contributed by atoms with Crippen molar-refractivity contribution in [2.75, 3.05) is 0 Å². The monoisotopic (exact) mass is 166 g/mol. The van der Waals surface area contributed by atoms with Gasteiger partial charge in [0.15, 0.2) is 0 Å². The SMILES string of the molecule is O=COCc1cccc(CO)c1. The third kappa shape index (κ3) is 2.36. The first-order valence-electron chi connectivity index (χ1n) is 3.60. The van der Waals surface area contributed by atoms with E-state index < -0.39 is 0 Å². The Hall–Kier alpha value is -1.35. The molecular formula is C9H10O3. The highest BCUT2D eigenvalue weighted by atomic mass is 16.5. The molecule has 64 valence electrons. The zero-order chi connectivity index (χ0) is 8.81. The van der Waals surface area contributed by atoms with Gasteiger partial charge in [-0.3, -0.25) is 4.79 Å².